The van der Waals surface area contributed by atoms with E-state index in [0.717, 1.165) is 11.5 Å². The second-order valence-corrected chi connectivity index (χ2v) is 2.30. The van der Waals surface area contributed by atoms with Crippen LogP contribution in [0, 0.1) is 4.64 Å². The summed E-state index contributed by atoms with van der Waals surface area (Å²) in [6, 6.07) is 0. The largest absolute Gasteiger partial charge is 0.299 e. The molecule has 1 aliphatic rings. The van der Waals surface area contributed by atoms with E-state index < -0.39 is 0 Å². The SMILES string of the molecule is S=c1nc[nH]c2c1N=C[NH2+]2. The van der Waals surface area contributed by atoms with Crippen LogP contribution in [0.3, 0.4) is 0 Å². The molecule has 10 heavy (non-hydrogen) atoms. The molecule has 0 spiro atoms. The average molecular weight is 153 g/mol. The molecular formula is C5H5N4S+. The third-order valence-electron chi connectivity index (χ3n) is 1.30. The topological polar surface area (TPSA) is 57.6 Å². The van der Waals surface area contributed by atoms with Gasteiger partial charge in [0.15, 0.2) is 16.7 Å². The lowest BCUT2D eigenvalue weighted by Gasteiger charge is -1.89. The lowest BCUT2D eigenvalue weighted by atomic mass is 10.5. The molecule has 1 aromatic heterocycles. The number of H-pyrrole nitrogens is 1. The zero-order chi connectivity index (χ0) is 6.97. The Kier molecular flexibility index (Phi) is 1.12. The van der Waals surface area contributed by atoms with Gasteiger partial charge in [-0.15, -0.1) is 0 Å². The van der Waals surface area contributed by atoms with Gasteiger partial charge in [0.05, 0.1) is 6.33 Å². The number of aromatic amines is 1. The van der Waals surface area contributed by atoms with Crippen LogP contribution in [-0.2, 0) is 0 Å². The molecule has 0 aliphatic carbocycles. The first-order chi connectivity index (χ1) is 4.88. The van der Waals surface area contributed by atoms with Crippen molar-refractivity contribution < 1.29 is 5.32 Å². The van der Waals surface area contributed by atoms with Crippen molar-refractivity contribution in [3.63, 3.8) is 0 Å². The van der Waals surface area contributed by atoms with E-state index in [4.69, 9.17) is 12.2 Å². The van der Waals surface area contributed by atoms with Crippen molar-refractivity contribution in [1.82, 2.24) is 9.97 Å². The number of nitrogens with zero attached hydrogens (tertiary/aromatic N) is 2. The van der Waals surface area contributed by atoms with Gasteiger partial charge in [-0.3, -0.25) is 10.3 Å². The maximum absolute atomic E-state index is 4.91. The summed E-state index contributed by atoms with van der Waals surface area (Å²) in [5.74, 6) is 0.944. The Balaban J connectivity index is 2.79. The van der Waals surface area contributed by atoms with Crippen LogP contribution >= 0.6 is 12.2 Å². The van der Waals surface area contributed by atoms with Gasteiger partial charge in [-0.25, -0.2) is 4.98 Å². The van der Waals surface area contributed by atoms with Gasteiger partial charge in [-0.2, -0.15) is 4.99 Å². The number of nitrogens with two attached hydrogens (primary N) is 1. The van der Waals surface area contributed by atoms with Crippen molar-refractivity contribution in [2.24, 2.45) is 4.99 Å². The summed E-state index contributed by atoms with van der Waals surface area (Å²) < 4.78 is 0.554. The third-order valence-corrected chi connectivity index (χ3v) is 1.60. The van der Waals surface area contributed by atoms with Gasteiger partial charge >= 0.3 is 0 Å². The molecule has 0 radical (unpaired) electrons. The number of aromatic nitrogens is 2. The highest BCUT2D eigenvalue weighted by molar-refractivity contribution is 7.71. The van der Waals surface area contributed by atoms with Crippen molar-refractivity contribution in [3.05, 3.63) is 11.0 Å². The number of hydrogen-bond acceptors (Lipinski definition) is 3. The molecule has 1 aliphatic heterocycles. The summed E-state index contributed by atoms with van der Waals surface area (Å²) in [5, 5.41) is 1.87. The van der Waals surface area contributed by atoms with Crippen LogP contribution in [0.1, 0.15) is 0 Å². The minimum absolute atomic E-state index is 0.554. The summed E-state index contributed by atoms with van der Waals surface area (Å²) in [6.07, 6.45) is 3.28. The van der Waals surface area contributed by atoms with Gasteiger partial charge in [-0.1, -0.05) is 12.2 Å². The lowest BCUT2D eigenvalue weighted by Crippen LogP contribution is -2.74. The maximum Gasteiger partial charge on any atom is 0.238 e. The highest BCUT2D eigenvalue weighted by atomic mass is 32.1. The van der Waals surface area contributed by atoms with E-state index in [1.807, 2.05) is 5.32 Å². The molecule has 1 aromatic rings. The highest BCUT2D eigenvalue weighted by Gasteiger charge is 2.11. The summed E-state index contributed by atoms with van der Waals surface area (Å²) in [7, 11) is 0. The summed E-state index contributed by atoms with van der Waals surface area (Å²) in [4.78, 5) is 10.8. The van der Waals surface area contributed by atoms with Crippen molar-refractivity contribution in [2.45, 2.75) is 0 Å². The molecule has 0 bridgehead atoms. The molecule has 2 rings (SSSR count). The predicted molar refractivity (Wildman–Crippen MR) is 39.2 cm³/mol. The first kappa shape index (κ1) is 5.70. The molecule has 0 unspecified atom stereocenters. The van der Waals surface area contributed by atoms with Gasteiger partial charge in [0, 0.05) is 0 Å². The molecule has 0 fully saturated rings. The van der Waals surface area contributed by atoms with Crippen LogP contribution < -0.4 is 5.32 Å². The molecule has 4 nitrogen and oxygen atoms in total. The zero-order valence-electron chi connectivity index (χ0n) is 5.03. The molecule has 0 saturated heterocycles. The number of fused-ring (bicyclic) bond motifs is 1. The monoisotopic (exact) mass is 153 g/mol. The van der Waals surface area contributed by atoms with Crippen LogP contribution in [-0.4, -0.2) is 16.3 Å². The Bertz CT molecular complexity index is 340. The summed E-state index contributed by atoms with van der Waals surface area (Å²) in [5.41, 5.74) is 0.775. The zero-order valence-corrected chi connectivity index (χ0v) is 5.85. The second-order valence-electron chi connectivity index (χ2n) is 1.91. The van der Waals surface area contributed by atoms with E-state index in [2.05, 4.69) is 15.0 Å². The van der Waals surface area contributed by atoms with Crippen molar-refractivity contribution in [3.8, 4) is 0 Å². The first-order valence-electron chi connectivity index (χ1n) is 2.83. The Hall–Kier alpha value is -1.07. The van der Waals surface area contributed by atoms with Gasteiger partial charge in [0.25, 0.3) is 0 Å². The normalized spacial score (nSPS) is 13.6. The summed E-state index contributed by atoms with van der Waals surface area (Å²) in [6.45, 7) is 0. The Labute approximate surface area is 62.0 Å². The molecule has 3 N–H and O–H groups in total. The molecular weight excluding hydrogens is 148 g/mol. The van der Waals surface area contributed by atoms with Crippen LogP contribution in [0.2, 0.25) is 0 Å². The number of hydrogen-bond donors (Lipinski definition) is 2. The van der Waals surface area contributed by atoms with Crippen molar-refractivity contribution in [1.29, 1.82) is 0 Å². The number of aliphatic imine (C=N–C) groups is 1. The first-order valence-corrected chi connectivity index (χ1v) is 3.24. The third kappa shape index (κ3) is 0.680. The summed E-state index contributed by atoms with van der Waals surface area (Å²) >= 11 is 4.91. The van der Waals surface area contributed by atoms with Gasteiger partial charge < -0.3 is 0 Å². The van der Waals surface area contributed by atoms with Crippen molar-refractivity contribution in [2.75, 3.05) is 0 Å². The van der Waals surface area contributed by atoms with E-state index in [1.54, 1.807) is 12.7 Å². The van der Waals surface area contributed by atoms with E-state index in [0.29, 0.717) is 4.64 Å². The molecule has 2 heterocycles. The number of quaternary nitrogens is 1. The van der Waals surface area contributed by atoms with Crippen LogP contribution in [0.15, 0.2) is 11.3 Å². The van der Waals surface area contributed by atoms with Crippen molar-refractivity contribution >= 4 is 30.1 Å². The minimum Gasteiger partial charge on any atom is -0.299 e. The van der Waals surface area contributed by atoms with E-state index in [-0.39, 0.29) is 0 Å². The Morgan fingerprint density at radius 3 is 3.30 bits per heavy atom. The maximum atomic E-state index is 4.91. The quantitative estimate of drug-likeness (QED) is 0.516. The molecule has 0 amide bonds. The van der Waals surface area contributed by atoms with Gasteiger partial charge in [0.2, 0.25) is 5.82 Å². The molecule has 0 atom stereocenters. The molecule has 0 aromatic carbocycles. The van der Waals surface area contributed by atoms with E-state index in [1.165, 1.54) is 0 Å². The van der Waals surface area contributed by atoms with E-state index in [9.17, 15) is 0 Å². The fourth-order valence-electron chi connectivity index (χ4n) is 0.843. The Morgan fingerprint density at radius 1 is 1.60 bits per heavy atom. The fourth-order valence-corrected chi connectivity index (χ4v) is 1.06. The second kappa shape index (κ2) is 1.96. The number of rotatable bonds is 0. The molecule has 50 valence electrons. The van der Waals surface area contributed by atoms with Crippen LogP contribution in [0.25, 0.3) is 0 Å². The highest BCUT2D eigenvalue weighted by Crippen LogP contribution is 2.18. The smallest absolute Gasteiger partial charge is 0.238 e. The lowest BCUT2D eigenvalue weighted by molar-refractivity contribution is -0.432. The van der Waals surface area contributed by atoms with Crippen LogP contribution in [0.4, 0.5) is 11.5 Å². The minimum atomic E-state index is 0.554. The molecule has 0 saturated carbocycles. The van der Waals surface area contributed by atoms with Gasteiger partial charge in [-0.05, 0) is 0 Å². The predicted octanol–water partition coefficient (Wildman–Crippen LogP) is 0.00749. The standard InChI is InChI=1S/C5H4N4S/c10-5-3-4(7-1-6-3)8-2-9-5/h1-2H,(H2,6,7,8,9,10)/p+1. The number of nitrogens with one attached hydrogen (secondary N) is 1. The Morgan fingerprint density at radius 2 is 2.50 bits per heavy atom. The average Bonchev–Trinajstić information content (AvgIpc) is 2.36. The fraction of sp³-hybridized carbons (Fsp3) is 0. The van der Waals surface area contributed by atoms with Gasteiger partial charge in [0.1, 0.15) is 0 Å². The van der Waals surface area contributed by atoms with Crippen LogP contribution in [0.5, 0.6) is 0 Å². The van der Waals surface area contributed by atoms with E-state index >= 15 is 0 Å². The molecule has 5 heteroatoms.